The zero-order valence-corrected chi connectivity index (χ0v) is 21.4. The molecule has 1 amide bonds. The minimum atomic E-state index is -0.444. The van der Waals surface area contributed by atoms with Gasteiger partial charge in [-0.05, 0) is 59.5 Å². The average molecular weight is 524 g/mol. The minimum absolute atomic E-state index is 0.0829. The van der Waals surface area contributed by atoms with Crippen LogP contribution in [-0.4, -0.2) is 21.6 Å². The summed E-state index contributed by atoms with van der Waals surface area (Å²) in [5, 5.41) is 3.96. The standard InChI is InChI=1S/C31H26ClN3O3/c32-25-10-6-9-24(19-25)21-34-28-12-5-4-11-27(28)30(37)35(31(34)38)26-15-13-23(14-16-26)20-29(36)33-18-17-22-7-2-1-3-8-22/h1-16,19H,17-18,20-21H2,(H,33,36). The number of benzene rings is 4. The molecule has 0 unspecified atom stereocenters. The number of carbonyl (C=O) groups is 1. The van der Waals surface area contributed by atoms with Gasteiger partial charge in [0.1, 0.15) is 0 Å². The van der Waals surface area contributed by atoms with Gasteiger partial charge < -0.3 is 5.32 Å². The van der Waals surface area contributed by atoms with Crippen molar-refractivity contribution >= 4 is 28.4 Å². The molecule has 5 aromatic rings. The summed E-state index contributed by atoms with van der Waals surface area (Å²) < 4.78 is 2.76. The van der Waals surface area contributed by atoms with E-state index in [0.29, 0.717) is 28.2 Å². The second-order valence-electron chi connectivity index (χ2n) is 9.09. The van der Waals surface area contributed by atoms with Crippen LogP contribution in [0.3, 0.4) is 0 Å². The molecular weight excluding hydrogens is 498 g/mol. The molecule has 0 aliphatic carbocycles. The maximum absolute atomic E-state index is 13.6. The molecule has 0 aliphatic rings. The molecule has 7 heteroatoms. The number of hydrogen-bond donors (Lipinski definition) is 1. The Labute approximate surface area is 224 Å². The zero-order chi connectivity index (χ0) is 26.5. The molecule has 1 aromatic heterocycles. The Morgan fingerprint density at radius 2 is 1.47 bits per heavy atom. The minimum Gasteiger partial charge on any atom is -0.355 e. The molecule has 0 saturated heterocycles. The van der Waals surface area contributed by atoms with Gasteiger partial charge in [-0.2, -0.15) is 0 Å². The highest BCUT2D eigenvalue weighted by atomic mass is 35.5. The summed E-state index contributed by atoms with van der Waals surface area (Å²) in [6.45, 7) is 0.820. The number of fused-ring (bicyclic) bond motifs is 1. The van der Waals surface area contributed by atoms with Gasteiger partial charge >= 0.3 is 5.69 Å². The summed E-state index contributed by atoms with van der Waals surface area (Å²) in [7, 11) is 0. The van der Waals surface area contributed by atoms with Crippen LogP contribution in [0.5, 0.6) is 0 Å². The number of rotatable bonds is 8. The fourth-order valence-electron chi connectivity index (χ4n) is 4.52. The predicted molar refractivity (Wildman–Crippen MR) is 151 cm³/mol. The first-order valence-electron chi connectivity index (χ1n) is 12.4. The van der Waals surface area contributed by atoms with Crippen molar-refractivity contribution in [3.05, 3.63) is 146 Å². The lowest BCUT2D eigenvalue weighted by molar-refractivity contribution is -0.120. The first-order chi connectivity index (χ1) is 18.5. The summed E-state index contributed by atoms with van der Waals surface area (Å²) in [5.74, 6) is -0.0829. The fourth-order valence-corrected chi connectivity index (χ4v) is 4.73. The molecule has 1 N–H and O–H groups in total. The number of carbonyl (C=O) groups excluding carboxylic acids is 1. The number of halogens is 1. The van der Waals surface area contributed by atoms with Crippen molar-refractivity contribution in [2.45, 2.75) is 19.4 Å². The number of aromatic nitrogens is 2. The van der Waals surface area contributed by atoms with Gasteiger partial charge in [-0.15, -0.1) is 0 Å². The maximum atomic E-state index is 13.6. The SMILES string of the molecule is O=C(Cc1ccc(-n2c(=O)c3ccccc3n(Cc3cccc(Cl)c3)c2=O)cc1)NCCc1ccccc1. The van der Waals surface area contributed by atoms with Crippen molar-refractivity contribution in [2.24, 2.45) is 0 Å². The Morgan fingerprint density at radius 3 is 2.24 bits per heavy atom. The smallest absolute Gasteiger partial charge is 0.336 e. The third kappa shape index (κ3) is 5.61. The Bertz CT molecular complexity index is 1710. The first kappa shape index (κ1) is 25.2. The first-order valence-corrected chi connectivity index (χ1v) is 12.8. The topological polar surface area (TPSA) is 73.1 Å². The largest absolute Gasteiger partial charge is 0.355 e. The molecule has 6 nitrogen and oxygen atoms in total. The molecule has 4 aromatic carbocycles. The van der Waals surface area contributed by atoms with E-state index < -0.39 is 5.69 Å². The van der Waals surface area contributed by atoms with E-state index in [1.807, 2.05) is 42.5 Å². The van der Waals surface area contributed by atoms with Crippen LogP contribution in [0.4, 0.5) is 0 Å². The number of para-hydroxylation sites is 1. The highest BCUT2D eigenvalue weighted by Gasteiger charge is 2.15. The van der Waals surface area contributed by atoms with E-state index in [4.69, 9.17) is 11.6 Å². The zero-order valence-electron chi connectivity index (χ0n) is 20.6. The summed E-state index contributed by atoms with van der Waals surface area (Å²) in [5.41, 5.74) is 2.97. The molecule has 0 atom stereocenters. The van der Waals surface area contributed by atoms with Gasteiger partial charge in [-0.3, -0.25) is 14.2 Å². The summed E-state index contributed by atoms with van der Waals surface area (Å²) in [6.07, 6.45) is 0.971. The van der Waals surface area contributed by atoms with E-state index >= 15 is 0 Å². The molecule has 0 bridgehead atoms. The Balaban J connectivity index is 1.39. The molecule has 0 aliphatic heterocycles. The monoisotopic (exact) mass is 523 g/mol. The van der Waals surface area contributed by atoms with Gasteiger partial charge in [0.2, 0.25) is 5.91 Å². The van der Waals surface area contributed by atoms with Crippen LogP contribution in [0.1, 0.15) is 16.7 Å². The molecule has 0 radical (unpaired) electrons. The van der Waals surface area contributed by atoms with E-state index in [0.717, 1.165) is 17.5 Å². The van der Waals surface area contributed by atoms with Crippen molar-refractivity contribution in [3.8, 4) is 5.69 Å². The van der Waals surface area contributed by atoms with Crippen LogP contribution in [-0.2, 0) is 24.2 Å². The van der Waals surface area contributed by atoms with E-state index in [2.05, 4.69) is 5.32 Å². The Morgan fingerprint density at radius 1 is 0.763 bits per heavy atom. The number of amides is 1. The summed E-state index contributed by atoms with van der Waals surface area (Å²) >= 11 is 6.16. The molecule has 38 heavy (non-hydrogen) atoms. The lowest BCUT2D eigenvalue weighted by atomic mass is 10.1. The van der Waals surface area contributed by atoms with Crippen LogP contribution in [0, 0.1) is 0 Å². The molecular formula is C31H26ClN3O3. The Kier molecular flexibility index (Phi) is 7.52. The third-order valence-corrected chi connectivity index (χ3v) is 6.65. The number of nitrogens with zero attached hydrogens (tertiary/aromatic N) is 2. The Hall–Kier alpha value is -4.42. The van der Waals surface area contributed by atoms with E-state index in [9.17, 15) is 14.4 Å². The van der Waals surface area contributed by atoms with Crippen molar-refractivity contribution in [2.75, 3.05) is 6.54 Å². The van der Waals surface area contributed by atoms with Crippen LogP contribution < -0.4 is 16.6 Å². The van der Waals surface area contributed by atoms with E-state index in [1.165, 1.54) is 10.1 Å². The van der Waals surface area contributed by atoms with Crippen molar-refractivity contribution < 1.29 is 4.79 Å². The van der Waals surface area contributed by atoms with Gasteiger partial charge in [0, 0.05) is 11.6 Å². The summed E-state index contributed by atoms with van der Waals surface area (Å²) in [4.78, 5) is 39.4. The normalized spacial score (nSPS) is 11.0. The van der Waals surface area contributed by atoms with E-state index in [-0.39, 0.29) is 24.4 Å². The molecule has 1 heterocycles. The second kappa shape index (κ2) is 11.3. The fraction of sp³-hybridized carbons (Fsp3) is 0.129. The van der Waals surface area contributed by atoms with Crippen LogP contribution >= 0.6 is 11.6 Å². The van der Waals surface area contributed by atoms with Crippen molar-refractivity contribution in [1.82, 2.24) is 14.5 Å². The average Bonchev–Trinajstić information content (AvgIpc) is 2.93. The molecule has 0 fully saturated rings. The van der Waals surface area contributed by atoms with Crippen molar-refractivity contribution in [1.29, 1.82) is 0 Å². The van der Waals surface area contributed by atoms with Gasteiger partial charge in [0.05, 0.1) is 29.6 Å². The molecule has 5 rings (SSSR count). The maximum Gasteiger partial charge on any atom is 0.336 e. The van der Waals surface area contributed by atoms with E-state index in [1.54, 1.807) is 65.2 Å². The molecule has 0 saturated carbocycles. The van der Waals surface area contributed by atoms with Gasteiger partial charge in [-0.1, -0.05) is 78.3 Å². The van der Waals surface area contributed by atoms with Crippen molar-refractivity contribution in [3.63, 3.8) is 0 Å². The van der Waals surface area contributed by atoms with Gasteiger partial charge in [-0.25, -0.2) is 9.36 Å². The predicted octanol–water partition coefficient (Wildman–Crippen LogP) is 4.76. The van der Waals surface area contributed by atoms with Crippen LogP contribution in [0.2, 0.25) is 5.02 Å². The summed E-state index contributed by atoms with van der Waals surface area (Å²) in [6, 6.07) is 31.3. The van der Waals surface area contributed by atoms with Crippen LogP contribution in [0.15, 0.2) is 113 Å². The highest BCUT2D eigenvalue weighted by Crippen LogP contribution is 2.15. The highest BCUT2D eigenvalue weighted by molar-refractivity contribution is 6.30. The van der Waals surface area contributed by atoms with Gasteiger partial charge in [0.25, 0.3) is 5.56 Å². The molecule has 0 spiro atoms. The molecule has 190 valence electrons. The van der Waals surface area contributed by atoms with Crippen LogP contribution in [0.25, 0.3) is 16.6 Å². The lowest BCUT2D eigenvalue weighted by Gasteiger charge is -2.15. The third-order valence-electron chi connectivity index (χ3n) is 6.42. The lowest BCUT2D eigenvalue weighted by Crippen LogP contribution is -2.39. The number of hydrogen-bond acceptors (Lipinski definition) is 3. The number of nitrogens with one attached hydrogen (secondary N) is 1. The second-order valence-corrected chi connectivity index (χ2v) is 9.52. The van der Waals surface area contributed by atoms with Gasteiger partial charge in [0.15, 0.2) is 0 Å². The quantitative estimate of drug-likeness (QED) is 0.319.